The smallest absolute Gasteiger partial charge is 0.125 e. The van der Waals surface area contributed by atoms with Crippen molar-refractivity contribution in [3.05, 3.63) is 29.6 Å². The maximum Gasteiger partial charge on any atom is 0.125 e. The van der Waals surface area contributed by atoms with E-state index in [9.17, 15) is 4.39 Å². The second-order valence-electron chi connectivity index (χ2n) is 4.12. The normalized spacial score (nSPS) is 10.6. The lowest BCUT2D eigenvalue weighted by molar-refractivity contribution is 0.196. The second kappa shape index (κ2) is 7.25. The predicted octanol–water partition coefficient (Wildman–Crippen LogP) is 2.02. The van der Waals surface area contributed by atoms with Crippen LogP contribution in [-0.4, -0.2) is 34.4 Å². The minimum absolute atomic E-state index is 0.189. The van der Waals surface area contributed by atoms with Crippen LogP contribution >= 0.6 is 0 Å². The van der Waals surface area contributed by atoms with Crippen LogP contribution in [0.5, 0.6) is 0 Å². The molecule has 0 radical (unpaired) electrons. The highest BCUT2D eigenvalue weighted by molar-refractivity contribution is 5.48. The number of ether oxygens (including phenoxy) is 1. The van der Waals surface area contributed by atoms with Gasteiger partial charge in [0.2, 0.25) is 0 Å². The molecule has 0 aromatic heterocycles. The molecule has 0 bridgehead atoms. The molecular weight excluding hydrogens is 219 g/mol. The van der Waals surface area contributed by atoms with Gasteiger partial charge in [-0.15, -0.1) is 0 Å². The van der Waals surface area contributed by atoms with E-state index in [1.807, 2.05) is 25.1 Å². The van der Waals surface area contributed by atoms with Crippen molar-refractivity contribution in [1.29, 1.82) is 0 Å². The van der Waals surface area contributed by atoms with E-state index in [1.165, 1.54) is 0 Å². The zero-order valence-corrected chi connectivity index (χ0v) is 10.8. The van der Waals surface area contributed by atoms with Crippen LogP contribution in [-0.2, 0) is 11.3 Å². The molecule has 0 saturated carbocycles. The summed E-state index contributed by atoms with van der Waals surface area (Å²) in [5, 5.41) is 3.02. The van der Waals surface area contributed by atoms with Gasteiger partial charge in [-0.2, -0.15) is 0 Å². The van der Waals surface area contributed by atoms with Crippen LogP contribution in [0.1, 0.15) is 12.0 Å². The molecule has 0 heterocycles. The third-order valence-electron chi connectivity index (χ3n) is 2.61. The third-order valence-corrected chi connectivity index (χ3v) is 2.61. The van der Waals surface area contributed by atoms with E-state index in [1.54, 1.807) is 19.2 Å². The van der Waals surface area contributed by atoms with E-state index in [4.69, 9.17) is 4.74 Å². The fraction of sp³-hybridized carbons (Fsp3) is 0.538. The van der Waals surface area contributed by atoms with Crippen molar-refractivity contribution in [3.63, 3.8) is 0 Å². The van der Waals surface area contributed by atoms with Gasteiger partial charge in [-0.1, -0.05) is 0 Å². The van der Waals surface area contributed by atoms with Gasteiger partial charge in [-0.25, -0.2) is 4.39 Å². The van der Waals surface area contributed by atoms with Crippen molar-refractivity contribution < 1.29 is 9.13 Å². The largest absolute Gasteiger partial charge is 0.385 e. The number of hydrogen-bond donors (Lipinski definition) is 1. The summed E-state index contributed by atoms with van der Waals surface area (Å²) < 4.78 is 18.4. The van der Waals surface area contributed by atoms with Gasteiger partial charge < -0.3 is 15.0 Å². The molecule has 4 heteroatoms. The Labute approximate surface area is 103 Å². The van der Waals surface area contributed by atoms with Gasteiger partial charge in [0.1, 0.15) is 5.82 Å². The van der Waals surface area contributed by atoms with Crippen LogP contribution < -0.4 is 10.2 Å². The lowest BCUT2D eigenvalue weighted by Crippen LogP contribution is -2.20. The lowest BCUT2D eigenvalue weighted by atomic mass is 10.1. The summed E-state index contributed by atoms with van der Waals surface area (Å²) in [5.41, 5.74) is 1.87. The zero-order chi connectivity index (χ0) is 12.7. The van der Waals surface area contributed by atoms with Gasteiger partial charge in [0, 0.05) is 39.5 Å². The highest BCUT2D eigenvalue weighted by atomic mass is 19.1. The average molecular weight is 240 g/mol. The van der Waals surface area contributed by atoms with Crippen LogP contribution in [0, 0.1) is 5.82 Å². The summed E-state index contributed by atoms with van der Waals surface area (Å²) in [6, 6.07) is 5.13. The SMILES string of the molecule is CNCc1cc(F)cc(N(C)CCCOC)c1. The highest BCUT2D eigenvalue weighted by Crippen LogP contribution is 2.17. The molecular formula is C13H21FN2O. The van der Waals surface area contributed by atoms with Crippen molar-refractivity contribution in [3.8, 4) is 0 Å². The molecule has 96 valence electrons. The van der Waals surface area contributed by atoms with E-state index < -0.39 is 0 Å². The number of benzene rings is 1. The maximum absolute atomic E-state index is 13.4. The Kier molecular flexibility index (Phi) is 5.94. The van der Waals surface area contributed by atoms with Crippen molar-refractivity contribution >= 4 is 5.69 Å². The topological polar surface area (TPSA) is 24.5 Å². The molecule has 0 spiro atoms. The summed E-state index contributed by atoms with van der Waals surface area (Å²) in [6.45, 7) is 2.26. The van der Waals surface area contributed by atoms with Gasteiger partial charge in [-0.3, -0.25) is 0 Å². The molecule has 0 unspecified atom stereocenters. The number of anilines is 1. The molecule has 17 heavy (non-hydrogen) atoms. The van der Waals surface area contributed by atoms with Gasteiger partial charge in [-0.05, 0) is 37.2 Å². The average Bonchev–Trinajstić information content (AvgIpc) is 2.29. The van der Waals surface area contributed by atoms with E-state index in [-0.39, 0.29) is 5.82 Å². The quantitative estimate of drug-likeness (QED) is 0.738. The minimum atomic E-state index is -0.189. The first-order valence-electron chi connectivity index (χ1n) is 5.81. The van der Waals surface area contributed by atoms with Crippen molar-refractivity contribution in [2.24, 2.45) is 0 Å². The molecule has 1 aromatic carbocycles. The number of halogens is 1. The highest BCUT2D eigenvalue weighted by Gasteiger charge is 2.05. The molecule has 0 aliphatic carbocycles. The summed E-state index contributed by atoms with van der Waals surface area (Å²) >= 11 is 0. The van der Waals surface area contributed by atoms with E-state index in [0.717, 1.165) is 30.8 Å². The van der Waals surface area contributed by atoms with E-state index >= 15 is 0 Å². The standard InChI is InChI=1S/C13H21FN2O/c1-15-10-11-7-12(14)9-13(8-11)16(2)5-4-6-17-3/h7-9,15H,4-6,10H2,1-3H3. The maximum atomic E-state index is 13.4. The molecule has 0 atom stereocenters. The summed E-state index contributed by atoms with van der Waals surface area (Å²) in [5.74, 6) is -0.189. The molecule has 0 aliphatic heterocycles. The number of nitrogens with one attached hydrogen (secondary N) is 1. The molecule has 0 fully saturated rings. The summed E-state index contributed by atoms with van der Waals surface area (Å²) in [6.07, 6.45) is 0.935. The Hall–Kier alpha value is -1.13. The first-order chi connectivity index (χ1) is 8.17. The van der Waals surface area contributed by atoms with Crippen LogP contribution in [0.4, 0.5) is 10.1 Å². The number of hydrogen-bond acceptors (Lipinski definition) is 3. The Balaban J connectivity index is 2.67. The summed E-state index contributed by atoms with van der Waals surface area (Å²) in [7, 11) is 5.51. The predicted molar refractivity (Wildman–Crippen MR) is 68.9 cm³/mol. The Bertz CT molecular complexity index is 344. The Morgan fingerprint density at radius 1 is 1.35 bits per heavy atom. The molecule has 3 nitrogen and oxygen atoms in total. The molecule has 0 saturated heterocycles. The van der Waals surface area contributed by atoms with E-state index in [2.05, 4.69) is 5.32 Å². The Morgan fingerprint density at radius 2 is 2.12 bits per heavy atom. The second-order valence-corrected chi connectivity index (χ2v) is 4.12. The van der Waals surface area contributed by atoms with Crippen molar-refractivity contribution in [2.45, 2.75) is 13.0 Å². The number of methoxy groups -OCH3 is 1. The fourth-order valence-electron chi connectivity index (χ4n) is 1.74. The van der Waals surface area contributed by atoms with Crippen molar-refractivity contribution in [1.82, 2.24) is 5.32 Å². The molecule has 1 rings (SSSR count). The first kappa shape index (κ1) is 13.9. The zero-order valence-electron chi connectivity index (χ0n) is 10.8. The molecule has 1 N–H and O–H groups in total. The number of nitrogens with zero attached hydrogens (tertiary/aromatic N) is 1. The van der Waals surface area contributed by atoms with Crippen LogP contribution in [0.3, 0.4) is 0 Å². The van der Waals surface area contributed by atoms with Gasteiger partial charge in [0.05, 0.1) is 0 Å². The fourth-order valence-corrected chi connectivity index (χ4v) is 1.74. The molecule has 1 aromatic rings. The van der Waals surface area contributed by atoms with Crippen LogP contribution in [0.15, 0.2) is 18.2 Å². The first-order valence-corrected chi connectivity index (χ1v) is 5.81. The molecule has 0 aliphatic rings. The monoisotopic (exact) mass is 240 g/mol. The van der Waals surface area contributed by atoms with Crippen molar-refractivity contribution in [2.75, 3.05) is 39.3 Å². The van der Waals surface area contributed by atoms with Gasteiger partial charge in [0.15, 0.2) is 0 Å². The number of rotatable bonds is 7. The van der Waals surface area contributed by atoms with Crippen LogP contribution in [0.2, 0.25) is 0 Å². The Morgan fingerprint density at radius 3 is 2.76 bits per heavy atom. The third kappa shape index (κ3) is 4.71. The lowest BCUT2D eigenvalue weighted by Gasteiger charge is -2.20. The van der Waals surface area contributed by atoms with Gasteiger partial charge in [0.25, 0.3) is 0 Å². The molecule has 0 amide bonds. The summed E-state index contributed by atoms with van der Waals surface area (Å²) in [4.78, 5) is 2.04. The van der Waals surface area contributed by atoms with Gasteiger partial charge >= 0.3 is 0 Å². The minimum Gasteiger partial charge on any atom is -0.385 e. The van der Waals surface area contributed by atoms with Crippen LogP contribution in [0.25, 0.3) is 0 Å². The van der Waals surface area contributed by atoms with E-state index in [0.29, 0.717) is 6.54 Å².